The van der Waals surface area contributed by atoms with Gasteiger partial charge in [0, 0.05) is 27.1 Å². The molecular weight excluding hydrogens is 262 g/mol. The molecule has 0 amide bonds. The summed E-state index contributed by atoms with van der Waals surface area (Å²) in [5, 5.41) is 9.46. The highest BCUT2D eigenvalue weighted by atomic mass is 79.9. The van der Waals surface area contributed by atoms with Crippen molar-refractivity contribution in [2.45, 2.75) is 0 Å². The minimum absolute atomic E-state index is 0.171. The summed E-state index contributed by atoms with van der Waals surface area (Å²) in [5.41, 5.74) is 0.901. The van der Waals surface area contributed by atoms with Crippen molar-refractivity contribution in [2.24, 2.45) is 0 Å². The van der Waals surface area contributed by atoms with Gasteiger partial charge in [0.25, 0.3) is 5.78 Å². The van der Waals surface area contributed by atoms with Crippen molar-refractivity contribution in [3.8, 4) is 0 Å². The highest BCUT2D eigenvalue weighted by molar-refractivity contribution is 9.10. The average Bonchev–Trinajstić information content (AvgIpc) is 2.59. The minimum atomic E-state index is -1.44. The van der Waals surface area contributed by atoms with E-state index in [-0.39, 0.29) is 5.56 Å². The second-order valence-electron chi connectivity index (χ2n) is 3.03. The van der Waals surface area contributed by atoms with Crippen molar-refractivity contribution in [3.05, 3.63) is 34.4 Å². The molecule has 0 bridgehead atoms. The number of nitrogens with one attached hydrogen (secondary N) is 1. The lowest BCUT2D eigenvalue weighted by atomic mass is 10.1. The van der Waals surface area contributed by atoms with Gasteiger partial charge in [0.2, 0.25) is 0 Å². The summed E-state index contributed by atoms with van der Waals surface area (Å²) in [5.74, 6) is -2.34. The zero-order chi connectivity index (χ0) is 11.0. The summed E-state index contributed by atoms with van der Waals surface area (Å²) in [6, 6.07) is 4.72. The first-order valence-electron chi connectivity index (χ1n) is 4.14. The van der Waals surface area contributed by atoms with Gasteiger partial charge in [0.05, 0.1) is 0 Å². The molecule has 2 aromatic rings. The molecule has 2 rings (SSSR count). The van der Waals surface area contributed by atoms with Crippen LogP contribution >= 0.6 is 15.9 Å². The Hall–Kier alpha value is -1.62. The number of benzene rings is 1. The van der Waals surface area contributed by atoms with Crippen LogP contribution in [0.1, 0.15) is 10.4 Å². The number of carboxylic acid groups (broad SMARTS) is 1. The van der Waals surface area contributed by atoms with E-state index in [4.69, 9.17) is 5.11 Å². The highest BCUT2D eigenvalue weighted by Gasteiger charge is 2.15. The molecule has 0 aliphatic rings. The number of H-pyrrole nitrogens is 1. The number of hydrogen-bond donors (Lipinski definition) is 2. The van der Waals surface area contributed by atoms with E-state index in [0.29, 0.717) is 0 Å². The number of aliphatic carboxylic acids is 1. The SMILES string of the molecule is O=C(O)C(=O)c1ccc2c(Br)c[nH]c2c1. The van der Waals surface area contributed by atoms with Crippen LogP contribution in [-0.4, -0.2) is 21.8 Å². The Morgan fingerprint density at radius 3 is 2.73 bits per heavy atom. The number of Topliss-reactive ketones (excluding diaryl/α,β-unsaturated/α-hetero) is 1. The fourth-order valence-corrected chi connectivity index (χ4v) is 1.82. The molecule has 0 spiro atoms. The second-order valence-corrected chi connectivity index (χ2v) is 3.89. The lowest BCUT2D eigenvalue weighted by Gasteiger charge is -1.96. The van der Waals surface area contributed by atoms with E-state index >= 15 is 0 Å². The van der Waals surface area contributed by atoms with Gasteiger partial charge < -0.3 is 10.1 Å². The molecule has 0 aliphatic carbocycles. The van der Waals surface area contributed by atoms with E-state index in [9.17, 15) is 9.59 Å². The van der Waals surface area contributed by atoms with Crippen molar-refractivity contribution >= 4 is 38.6 Å². The Kier molecular flexibility index (Phi) is 2.32. The third-order valence-corrected chi connectivity index (χ3v) is 2.74. The maximum absolute atomic E-state index is 11.2. The number of carbonyl (C=O) groups excluding carboxylic acids is 1. The van der Waals surface area contributed by atoms with E-state index < -0.39 is 11.8 Å². The predicted octanol–water partition coefficient (Wildman–Crippen LogP) is 2.20. The fraction of sp³-hybridized carbons (Fsp3) is 0. The van der Waals surface area contributed by atoms with Gasteiger partial charge in [0.15, 0.2) is 0 Å². The summed E-state index contributed by atoms with van der Waals surface area (Å²) in [6.45, 7) is 0. The van der Waals surface area contributed by atoms with E-state index in [1.165, 1.54) is 12.1 Å². The number of fused-ring (bicyclic) bond motifs is 1. The number of carbonyl (C=O) groups is 2. The van der Waals surface area contributed by atoms with Gasteiger partial charge in [-0.05, 0) is 28.1 Å². The number of hydrogen-bond acceptors (Lipinski definition) is 2. The number of ketones is 1. The number of halogens is 1. The maximum Gasteiger partial charge on any atom is 0.377 e. The summed E-state index contributed by atoms with van der Waals surface area (Å²) < 4.78 is 0.881. The van der Waals surface area contributed by atoms with Gasteiger partial charge in [-0.1, -0.05) is 6.07 Å². The van der Waals surface area contributed by atoms with Crippen molar-refractivity contribution < 1.29 is 14.7 Å². The van der Waals surface area contributed by atoms with Crippen LogP contribution in [-0.2, 0) is 4.79 Å². The summed E-state index contributed by atoms with van der Waals surface area (Å²) in [4.78, 5) is 24.6. The monoisotopic (exact) mass is 267 g/mol. The zero-order valence-electron chi connectivity index (χ0n) is 7.45. The molecule has 5 heteroatoms. The molecule has 15 heavy (non-hydrogen) atoms. The Morgan fingerprint density at radius 2 is 2.07 bits per heavy atom. The lowest BCUT2D eigenvalue weighted by Crippen LogP contribution is -2.12. The largest absolute Gasteiger partial charge is 0.475 e. The normalized spacial score (nSPS) is 10.5. The quantitative estimate of drug-likeness (QED) is 0.648. The van der Waals surface area contributed by atoms with E-state index in [0.717, 1.165) is 15.4 Å². The summed E-state index contributed by atoms with van der Waals surface area (Å²) >= 11 is 3.32. The molecule has 0 unspecified atom stereocenters. The van der Waals surface area contributed by atoms with Crippen LogP contribution in [0.3, 0.4) is 0 Å². The van der Waals surface area contributed by atoms with Crippen LogP contribution in [0.2, 0.25) is 0 Å². The molecule has 4 nitrogen and oxygen atoms in total. The fourth-order valence-electron chi connectivity index (χ4n) is 1.36. The third-order valence-electron chi connectivity index (χ3n) is 2.09. The number of carboxylic acids is 1. The Labute approximate surface area is 93.0 Å². The Morgan fingerprint density at radius 1 is 1.33 bits per heavy atom. The first-order valence-corrected chi connectivity index (χ1v) is 4.93. The summed E-state index contributed by atoms with van der Waals surface area (Å²) in [6.07, 6.45) is 1.74. The van der Waals surface area contributed by atoms with Gasteiger partial charge >= 0.3 is 5.97 Å². The molecule has 0 atom stereocenters. The molecule has 0 radical (unpaired) electrons. The molecule has 0 saturated heterocycles. The van der Waals surface area contributed by atoms with Crippen LogP contribution in [0.15, 0.2) is 28.9 Å². The maximum atomic E-state index is 11.2. The molecule has 1 aromatic heterocycles. The molecule has 1 heterocycles. The van der Waals surface area contributed by atoms with Crippen LogP contribution < -0.4 is 0 Å². The molecule has 2 N–H and O–H groups in total. The van der Waals surface area contributed by atoms with Crippen molar-refractivity contribution in [2.75, 3.05) is 0 Å². The number of aromatic amines is 1. The van der Waals surface area contributed by atoms with Crippen molar-refractivity contribution in [3.63, 3.8) is 0 Å². The molecule has 1 aromatic carbocycles. The van der Waals surface area contributed by atoms with E-state index in [2.05, 4.69) is 20.9 Å². The van der Waals surface area contributed by atoms with Crippen LogP contribution in [0.4, 0.5) is 0 Å². The first kappa shape index (κ1) is 9.92. The van der Waals surface area contributed by atoms with Crippen LogP contribution in [0.25, 0.3) is 10.9 Å². The molecule has 0 aliphatic heterocycles. The van der Waals surface area contributed by atoms with Gasteiger partial charge in [-0.25, -0.2) is 4.79 Å². The van der Waals surface area contributed by atoms with E-state index in [1.54, 1.807) is 12.3 Å². The number of rotatable bonds is 2. The first-order chi connectivity index (χ1) is 7.09. The minimum Gasteiger partial charge on any atom is -0.475 e. The van der Waals surface area contributed by atoms with Gasteiger partial charge in [-0.15, -0.1) is 0 Å². The molecular formula is C10H6BrNO3. The molecule has 0 fully saturated rings. The summed E-state index contributed by atoms with van der Waals surface area (Å²) in [7, 11) is 0. The predicted molar refractivity (Wildman–Crippen MR) is 58.0 cm³/mol. The van der Waals surface area contributed by atoms with Crippen LogP contribution in [0, 0.1) is 0 Å². The topological polar surface area (TPSA) is 70.2 Å². The van der Waals surface area contributed by atoms with Crippen LogP contribution in [0.5, 0.6) is 0 Å². The smallest absolute Gasteiger partial charge is 0.377 e. The van der Waals surface area contributed by atoms with Gasteiger partial charge in [-0.2, -0.15) is 0 Å². The Balaban J connectivity index is 2.57. The zero-order valence-corrected chi connectivity index (χ0v) is 9.04. The molecule has 76 valence electrons. The standard InChI is InChI=1S/C10H6BrNO3/c11-7-4-12-8-3-5(1-2-6(7)8)9(13)10(14)15/h1-4,12H,(H,14,15). The third kappa shape index (κ3) is 1.66. The van der Waals surface area contributed by atoms with E-state index in [1.807, 2.05) is 0 Å². The number of aromatic nitrogens is 1. The second kappa shape index (κ2) is 3.51. The van der Waals surface area contributed by atoms with Crippen molar-refractivity contribution in [1.82, 2.24) is 4.98 Å². The van der Waals surface area contributed by atoms with Crippen molar-refractivity contribution in [1.29, 1.82) is 0 Å². The highest BCUT2D eigenvalue weighted by Crippen LogP contribution is 2.24. The van der Waals surface area contributed by atoms with Gasteiger partial charge in [-0.3, -0.25) is 4.79 Å². The lowest BCUT2D eigenvalue weighted by molar-refractivity contribution is -0.131. The Bertz CT molecular complexity index is 559. The van der Waals surface area contributed by atoms with Gasteiger partial charge in [0.1, 0.15) is 0 Å². The molecule has 0 saturated carbocycles. The average molecular weight is 268 g/mol.